The Kier molecular flexibility index (Phi) is 5.50. The molecule has 0 N–H and O–H groups in total. The average Bonchev–Trinajstić information content (AvgIpc) is 3.61. The SMILES string of the molecule is c1ccc(-c2ccc(-n3c4ccc(-c5ccc6c(c5)c5ccccc5n6-c5ccccc5)cc4c4ccncc43)cc2)cc1. The van der Waals surface area contributed by atoms with E-state index in [1.165, 1.54) is 66.0 Å². The summed E-state index contributed by atoms with van der Waals surface area (Å²) in [6.07, 6.45) is 3.87. The van der Waals surface area contributed by atoms with Gasteiger partial charge in [-0.1, -0.05) is 91.0 Å². The molecule has 9 aromatic rings. The molecule has 3 heteroatoms. The van der Waals surface area contributed by atoms with Crippen molar-refractivity contribution in [1.29, 1.82) is 0 Å². The number of hydrogen-bond acceptors (Lipinski definition) is 1. The molecule has 0 amide bonds. The van der Waals surface area contributed by atoms with E-state index >= 15 is 0 Å². The molecule has 0 radical (unpaired) electrons. The lowest BCUT2D eigenvalue weighted by Gasteiger charge is -2.10. The molecule has 3 aromatic heterocycles. The molecule has 0 spiro atoms. The lowest BCUT2D eigenvalue weighted by Crippen LogP contribution is -1.94. The number of rotatable bonds is 4. The molecule has 3 heterocycles. The maximum absolute atomic E-state index is 4.51. The molecule has 6 aromatic carbocycles. The van der Waals surface area contributed by atoms with Gasteiger partial charge >= 0.3 is 0 Å². The molecule has 0 aliphatic rings. The van der Waals surface area contributed by atoms with Crippen molar-refractivity contribution in [2.75, 3.05) is 0 Å². The molecule has 0 fully saturated rings. The maximum Gasteiger partial charge on any atom is 0.0724 e. The summed E-state index contributed by atoms with van der Waals surface area (Å²) in [5, 5.41) is 4.94. The van der Waals surface area contributed by atoms with Gasteiger partial charge in [-0.15, -0.1) is 0 Å². The molecule has 0 unspecified atom stereocenters. The molecule has 0 saturated heterocycles. The number of pyridine rings is 1. The van der Waals surface area contributed by atoms with Crippen molar-refractivity contribution in [2.45, 2.75) is 0 Å². The normalized spacial score (nSPS) is 11.6. The zero-order chi connectivity index (χ0) is 29.0. The van der Waals surface area contributed by atoms with Gasteiger partial charge in [0, 0.05) is 39.1 Å². The molecule has 0 aliphatic heterocycles. The fourth-order valence-electron chi connectivity index (χ4n) is 6.77. The molecule has 0 aliphatic carbocycles. The summed E-state index contributed by atoms with van der Waals surface area (Å²) in [5.41, 5.74) is 11.8. The molecular formula is C41H27N3. The molecule has 0 bridgehead atoms. The van der Waals surface area contributed by atoms with Crippen LogP contribution in [0.1, 0.15) is 0 Å². The first-order valence-electron chi connectivity index (χ1n) is 15.0. The number of fused-ring (bicyclic) bond motifs is 6. The Bertz CT molecular complexity index is 2470. The minimum atomic E-state index is 1.11. The summed E-state index contributed by atoms with van der Waals surface area (Å²) in [7, 11) is 0. The van der Waals surface area contributed by atoms with Crippen LogP contribution in [-0.2, 0) is 0 Å². The molecule has 0 atom stereocenters. The first kappa shape index (κ1) is 24.6. The van der Waals surface area contributed by atoms with Crippen molar-refractivity contribution in [1.82, 2.24) is 14.1 Å². The van der Waals surface area contributed by atoms with Crippen LogP contribution >= 0.6 is 0 Å². The zero-order valence-corrected chi connectivity index (χ0v) is 23.9. The van der Waals surface area contributed by atoms with E-state index in [0.29, 0.717) is 0 Å². The van der Waals surface area contributed by atoms with Gasteiger partial charge in [-0.05, 0) is 82.9 Å². The Labute approximate surface area is 254 Å². The van der Waals surface area contributed by atoms with Crippen LogP contribution in [0.25, 0.3) is 77.2 Å². The van der Waals surface area contributed by atoms with E-state index in [1.807, 2.05) is 12.4 Å². The van der Waals surface area contributed by atoms with Crippen LogP contribution in [0.4, 0.5) is 0 Å². The molecule has 0 saturated carbocycles. The monoisotopic (exact) mass is 561 g/mol. The van der Waals surface area contributed by atoms with E-state index in [-0.39, 0.29) is 0 Å². The van der Waals surface area contributed by atoms with Gasteiger partial charge in [0.05, 0.1) is 28.3 Å². The minimum Gasteiger partial charge on any atom is -0.309 e. The van der Waals surface area contributed by atoms with Crippen LogP contribution in [0.15, 0.2) is 164 Å². The predicted molar refractivity (Wildman–Crippen MR) is 184 cm³/mol. The standard InChI is InChI=1S/C41H27N3/c1-3-9-28(10-4-1)29-15-19-33(20-16-29)44-40-22-18-31(26-37(40)35-23-24-42-27-41(35)44)30-17-21-39-36(25-30)34-13-7-8-14-38(34)43(39)32-11-5-2-6-12-32/h1-27H. The van der Waals surface area contributed by atoms with Crippen molar-refractivity contribution in [3.63, 3.8) is 0 Å². The molecule has 44 heavy (non-hydrogen) atoms. The highest BCUT2D eigenvalue weighted by Crippen LogP contribution is 2.38. The molecule has 3 nitrogen and oxygen atoms in total. The number of para-hydroxylation sites is 2. The van der Waals surface area contributed by atoms with Gasteiger partial charge < -0.3 is 9.13 Å². The molecular weight excluding hydrogens is 534 g/mol. The van der Waals surface area contributed by atoms with Crippen LogP contribution in [0.5, 0.6) is 0 Å². The summed E-state index contributed by atoms with van der Waals surface area (Å²) in [5.74, 6) is 0. The van der Waals surface area contributed by atoms with E-state index in [0.717, 1.165) is 11.2 Å². The third-order valence-electron chi connectivity index (χ3n) is 8.82. The van der Waals surface area contributed by atoms with E-state index in [9.17, 15) is 0 Å². The Balaban J connectivity index is 1.20. The first-order chi connectivity index (χ1) is 21.8. The van der Waals surface area contributed by atoms with Gasteiger partial charge in [0.25, 0.3) is 0 Å². The highest BCUT2D eigenvalue weighted by molar-refractivity contribution is 6.12. The quantitative estimate of drug-likeness (QED) is 0.210. The molecule has 206 valence electrons. The smallest absolute Gasteiger partial charge is 0.0724 e. The van der Waals surface area contributed by atoms with Crippen molar-refractivity contribution >= 4 is 43.6 Å². The first-order valence-corrected chi connectivity index (χ1v) is 15.0. The minimum absolute atomic E-state index is 1.11. The maximum atomic E-state index is 4.51. The topological polar surface area (TPSA) is 22.8 Å². The third-order valence-corrected chi connectivity index (χ3v) is 8.82. The lowest BCUT2D eigenvalue weighted by atomic mass is 10.0. The zero-order valence-electron chi connectivity index (χ0n) is 23.9. The second-order valence-electron chi connectivity index (χ2n) is 11.3. The highest BCUT2D eigenvalue weighted by atomic mass is 15.0. The Hall–Kier alpha value is -5.93. The van der Waals surface area contributed by atoms with Gasteiger partial charge in [0.1, 0.15) is 0 Å². The fourth-order valence-corrected chi connectivity index (χ4v) is 6.77. The number of aromatic nitrogens is 3. The largest absolute Gasteiger partial charge is 0.309 e. The van der Waals surface area contributed by atoms with Crippen LogP contribution < -0.4 is 0 Å². The highest BCUT2D eigenvalue weighted by Gasteiger charge is 2.16. The van der Waals surface area contributed by atoms with Gasteiger partial charge in [-0.3, -0.25) is 4.98 Å². The summed E-state index contributed by atoms with van der Waals surface area (Å²) >= 11 is 0. The van der Waals surface area contributed by atoms with E-state index in [2.05, 4.69) is 166 Å². The Morgan fingerprint density at radius 3 is 1.55 bits per heavy atom. The van der Waals surface area contributed by atoms with Crippen LogP contribution in [0, 0.1) is 0 Å². The van der Waals surface area contributed by atoms with Gasteiger partial charge in [0.2, 0.25) is 0 Å². The summed E-state index contributed by atoms with van der Waals surface area (Å²) in [4.78, 5) is 4.51. The van der Waals surface area contributed by atoms with Crippen LogP contribution in [0.3, 0.4) is 0 Å². The van der Waals surface area contributed by atoms with E-state index < -0.39 is 0 Å². The average molecular weight is 562 g/mol. The van der Waals surface area contributed by atoms with Crippen molar-refractivity contribution < 1.29 is 0 Å². The van der Waals surface area contributed by atoms with Gasteiger partial charge in [-0.2, -0.15) is 0 Å². The predicted octanol–water partition coefficient (Wildman–Crippen LogP) is 10.6. The summed E-state index contributed by atoms with van der Waals surface area (Å²) in [6, 6.07) is 54.5. The number of nitrogens with zero attached hydrogens (tertiary/aromatic N) is 3. The van der Waals surface area contributed by atoms with Gasteiger partial charge in [-0.25, -0.2) is 0 Å². The van der Waals surface area contributed by atoms with Gasteiger partial charge in [0.15, 0.2) is 0 Å². The summed E-state index contributed by atoms with van der Waals surface area (Å²) < 4.78 is 4.69. The fraction of sp³-hybridized carbons (Fsp3) is 0. The van der Waals surface area contributed by atoms with Crippen molar-refractivity contribution in [2.24, 2.45) is 0 Å². The lowest BCUT2D eigenvalue weighted by molar-refractivity contribution is 1.17. The number of hydrogen-bond donors (Lipinski definition) is 0. The Morgan fingerprint density at radius 1 is 0.341 bits per heavy atom. The second-order valence-corrected chi connectivity index (χ2v) is 11.3. The van der Waals surface area contributed by atoms with Crippen molar-refractivity contribution in [3.05, 3.63) is 164 Å². The van der Waals surface area contributed by atoms with E-state index in [4.69, 9.17) is 0 Å². The number of benzene rings is 6. The Morgan fingerprint density at radius 2 is 0.841 bits per heavy atom. The molecule has 9 rings (SSSR count). The van der Waals surface area contributed by atoms with E-state index in [1.54, 1.807) is 0 Å². The van der Waals surface area contributed by atoms with Crippen molar-refractivity contribution in [3.8, 4) is 33.6 Å². The van der Waals surface area contributed by atoms with Crippen LogP contribution in [0.2, 0.25) is 0 Å². The summed E-state index contributed by atoms with van der Waals surface area (Å²) in [6.45, 7) is 0. The van der Waals surface area contributed by atoms with Crippen LogP contribution in [-0.4, -0.2) is 14.1 Å². The second kappa shape index (κ2) is 9.82. The third kappa shape index (κ3) is 3.80.